The quantitative estimate of drug-likeness (QED) is 0.706. The molecule has 1 aliphatic heterocycles. The minimum atomic E-state index is -0.205. The van der Waals surface area contributed by atoms with Crippen molar-refractivity contribution in [3.63, 3.8) is 0 Å². The number of hydrogen-bond acceptors (Lipinski definition) is 7. The fraction of sp³-hybridized carbons (Fsp3) is 0.333. The Hall–Kier alpha value is -2.58. The van der Waals surface area contributed by atoms with Gasteiger partial charge in [-0.3, -0.25) is 4.79 Å². The summed E-state index contributed by atoms with van der Waals surface area (Å²) in [5.74, 6) is 0.571. The second-order valence-electron chi connectivity index (χ2n) is 6.26. The maximum atomic E-state index is 13.0. The minimum absolute atomic E-state index is 0.143. The Morgan fingerprint density at radius 1 is 1.27 bits per heavy atom. The number of carbonyl (C=O) groups excluding carboxylic acids is 1. The normalized spacial score (nSPS) is 17.5. The van der Waals surface area contributed by atoms with E-state index >= 15 is 0 Å². The Labute approximate surface area is 155 Å². The van der Waals surface area contributed by atoms with Gasteiger partial charge in [-0.1, -0.05) is 12.1 Å². The maximum absolute atomic E-state index is 13.0. The number of carbonyl (C=O) groups is 1. The smallest absolute Gasteiger partial charge is 0.274 e. The molecule has 1 amide bonds. The third-order valence-electron chi connectivity index (χ3n) is 4.30. The second-order valence-corrected chi connectivity index (χ2v) is 7.33. The van der Waals surface area contributed by atoms with Gasteiger partial charge in [0.05, 0.1) is 35.8 Å². The van der Waals surface area contributed by atoms with E-state index < -0.39 is 0 Å². The summed E-state index contributed by atoms with van der Waals surface area (Å²) in [5, 5.41) is 0.886. The van der Waals surface area contributed by atoms with Gasteiger partial charge in [0, 0.05) is 20.6 Å². The van der Waals surface area contributed by atoms with Crippen LogP contribution in [0.15, 0.2) is 36.7 Å². The lowest BCUT2D eigenvalue weighted by molar-refractivity contribution is -0.00303. The zero-order chi connectivity index (χ0) is 18.1. The molecule has 2 aromatic heterocycles. The monoisotopic (exact) mass is 369 g/mol. The first kappa shape index (κ1) is 16.9. The fourth-order valence-corrected chi connectivity index (χ4v) is 3.96. The zero-order valence-corrected chi connectivity index (χ0v) is 15.4. The lowest BCUT2D eigenvalue weighted by atomic mass is 10.2. The molecule has 0 spiro atoms. The third-order valence-corrected chi connectivity index (χ3v) is 5.44. The van der Waals surface area contributed by atoms with Crippen LogP contribution in [0.1, 0.15) is 21.5 Å². The number of amides is 1. The van der Waals surface area contributed by atoms with Crippen LogP contribution in [0.2, 0.25) is 0 Å². The van der Waals surface area contributed by atoms with Gasteiger partial charge in [0.15, 0.2) is 0 Å². The predicted molar refractivity (Wildman–Crippen MR) is 101 cm³/mol. The Kier molecular flexibility index (Phi) is 4.52. The Morgan fingerprint density at radius 2 is 2.12 bits per heavy atom. The molecule has 7 nitrogen and oxygen atoms in total. The highest BCUT2D eigenvalue weighted by Crippen LogP contribution is 2.32. The van der Waals surface area contributed by atoms with Gasteiger partial charge in [-0.05, 0) is 12.1 Å². The summed E-state index contributed by atoms with van der Waals surface area (Å²) < 4.78 is 6.74. The van der Waals surface area contributed by atoms with E-state index in [2.05, 4.69) is 9.97 Å². The number of nitrogens with zero attached hydrogens (tertiary/aromatic N) is 5. The van der Waals surface area contributed by atoms with E-state index in [1.165, 1.54) is 6.20 Å². The first-order valence-corrected chi connectivity index (χ1v) is 9.18. The van der Waals surface area contributed by atoms with Crippen molar-refractivity contribution in [3.05, 3.63) is 47.4 Å². The first-order chi connectivity index (χ1) is 12.6. The molecule has 0 radical (unpaired) electrons. The molecule has 3 aromatic rings. The average molecular weight is 369 g/mol. The van der Waals surface area contributed by atoms with Crippen molar-refractivity contribution in [2.24, 2.45) is 0 Å². The maximum Gasteiger partial charge on any atom is 0.274 e. The molecule has 0 aliphatic carbocycles. The molecule has 0 bridgehead atoms. The largest absolute Gasteiger partial charge is 0.377 e. The lowest BCUT2D eigenvalue weighted by Crippen LogP contribution is -2.43. The molecule has 3 heterocycles. The van der Waals surface area contributed by atoms with E-state index in [4.69, 9.17) is 9.72 Å². The second kappa shape index (κ2) is 6.97. The number of ether oxygens (including phenoxy) is 1. The molecule has 4 rings (SSSR count). The standard InChI is InChI=1S/C18H19N5O2S/c1-22(2)16-10-19-13(9-20-16)18(24)23-7-8-25-11-14(23)17-21-12-5-3-4-6-15(12)26-17/h3-6,9-10,14H,7-8,11H2,1-2H3. The predicted octanol–water partition coefficient (Wildman–Crippen LogP) is 2.37. The number of morpholine rings is 1. The van der Waals surface area contributed by atoms with Gasteiger partial charge < -0.3 is 14.5 Å². The van der Waals surface area contributed by atoms with Gasteiger partial charge in [0.2, 0.25) is 0 Å². The minimum Gasteiger partial charge on any atom is -0.377 e. The molecule has 1 aliphatic rings. The summed E-state index contributed by atoms with van der Waals surface area (Å²) in [4.78, 5) is 29.9. The summed E-state index contributed by atoms with van der Waals surface area (Å²) in [6.45, 7) is 1.46. The van der Waals surface area contributed by atoms with Gasteiger partial charge in [0.25, 0.3) is 5.91 Å². The van der Waals surface area contributed by atoms with E-state index in [9.17, 15) is 4.79 Å². The summed E-state index contributed by atoms with van der Waals surface area (Å²) in [6, 6.07) is 7.78. The van der Waals surface area contributed by atoms with Crippen LogP contribution < -0.4 is 4.90 Å². The molecule has 134 valence electrons. The molecule has 0 saturated carbocycles. The Morgan fingerprint density at radius 3 is 2.85 bits per heavy atom. The van der Waals surface area contributed by atoms with Crippen molar-refractivity contribution >= 4 is 33.3 Å². The highest BCUT2D eigenvalue weighted by Gasteiger charge is 2.32. The molecule has 1 atom stereocenters. The van der Waals surface area contributed by atoms with Crippen LogP contribution in [-0.2, 0) is 4.74 Å². The average Bonchev–Trinajstić information content (AvgIpc) is 3.11. The topological polar surface area (TPSA) is 71.5 Å². The van der Waals surface area contributed by atoms with Crippen LogP contribution in [-0.4, -0.2) is 59.6 Å². The summed E-state index contributed by atoms with van der Waals surface area (Å²) >= 11 is 1.60. The molecule has 1 aromatic carbocycles. The first-order valence-electron chi connectivity index (χ1n) is 8.37. The van der Waals surface area contributed by atoms with E-state index in [1.807, 2.05) is 43.3 Å². The van der Waals surface area contributed by atoms with Crippen molar-refractivity contribution in [3.8, 4) is 0 Å². The van der Waals surface area contributed by atoms with Crippen LogP contribution in [0.3, 0.4) is 0 Å². The summed E-state index contributed by atoms with van der Waals surface area (Å²) in [6.07, 6.45) is 3.14. The third kappa shape index (κ3) is 3.13. The van der Waals surface area contributed by atoms with Crippen LogP contribution in [0.4, 0.5) is 5.82 Å². The van der Waals surface area contributed by atoms with Crippen molar-refractivity contribution in [1.82, 2.24) is 19.9 Å². The highest BCUT2D eigenvalue weighted by atomic mass is 32.1. The van der Waals surface area contributed by atoms with Crippen LogP contribution in [0, 0.1) is 0 Å². The number of anilines is 1. The van der Waals surface area contributed by atoms with E-state index in [0.717, 1.165) is 15.2 Å². The molecule has 1 unspecified atom stereocenters. The van der Waals surface area contributed by atoms with Gasteiger partial charge in [-0.25, -0.2) is 15.0 Å². The summed E-state index contributed by atoms with van der Waals surface area (Å²) in [7, 11) is 3.77. The van der Waals surface area contributed by atoms with Crippen LogP contribution in [0.5, 0.6) is 0 Å². The van der Waals surface area contributed by atoms with Crippen molar-refractivity contribution < 1.29 is 9.53 Å². The van der Waals surface area contributed by atoms with Crippen molar-refractivity contribution in [2.75, 3.05) is 38.8 Å². The number of aromatic nitrogens is 3. The molecular formula is C18H19N5O2S. The van der Waals surface area contributed by atoms with Gasteiger partial charge in [0.1, 0.15) is 22.6 Å². The molecule has 1 saturated heterocycles. The van der Waals surface area contributed by atoms with E-state index in [0.29, 0.717) is 31.3 Å². The number of hydrogen-bond donors (Lipinski definition) is 0. The summed E-state index contributed by atoms with van der Waals surface area (Å²) in [5.41, 5.74) is 1.28. The van der Waals surface area contributed by atoms with E-state index in [-0.39, 0.29) is 11.9 Å². The van der Waals surface area contributed by atoms with Crippen molar-refractivity contribution in [2.45, 2.75) is 6.04 Å². The zero-order valence-electron chi connectivity index (χ0n) is 14.6. The van der Waals surface area contributed by atoms with E-state index in [1.54, 1.807) is 22.4 Å². The van der Waals surface area contributed by atoms with Gasteiger partial charge >= 0.3 is 0 Å². The SMILES string of the molecule is CN(C)c1cnc(C(=O)N2CCOCC2c2nc3ccccc3s2)cn1. The highest BCUT2D eigenvalue weighted by molar-refractivity contribution is 7.18. The molecular weight excluding hydrogens is 350 g/mol. The molecule has 26 heavy (non-hydrogen) atoms. The number of benzene rings is 1. The molecule has 0 N–H and O–H groups in total. The Bertz CT molecular complexity index is 892. The van der Waals surface area contributed by atoms with Gasteiger partial charge in [-0.15, -0.1) is 11.3 Å². The Balaban J connectivity index is 1.63. The number of para-hydroxylation sites is 1. The number of rotatable bonds is 3. The lowest BCUT2D eigenvalue weighted by Gasteiger charge is -2.34. The fourth-order valence-electron chi connectivity index (χ4n) is 2.89. The molecule has 1 fully saturated rings. The van der Waals surface area contributed by atoms with Crippen LogP contribution >= 0.6 is 11.3 Å². The number of fused-ring (bicyclic) bond motifs is 1. The van der Waals surface area contributed by atoms with Crippen molar-refractivity contribution in [1.29, 1.82) is 0 Å². The van der Waals surface area contributed by atoms with Crippen LogP contribution in [0.25, 0.3) is 10.2 Å². The number of thiazole rings is 1. The molecule has 8 heteroatoms. The van der Waals surface area contributed by atoms with Gasteiger partial charge in [-0.2, -0.15) is 0 Å².